The molecule has 4 nitrogen and oxygen atoms in total. The first-order valence-corrected chi connectivity index (χ1v) is 6.48. The van der Waals surface area contributed by atoms with Crippen LogP contribution in [0.25, 0.3) is 11.4 Å². The summed E-state index contributed by atoms with van der Waals surface area (Å²) in [6, 6.07) is 9.00. The van der Waals surface area contributed by atoms with Crippen molar-refractivity contribution in [3.8, 4) is 17.1 Å². The van der Waals surface area contributed by atoms with E-state index in [1.54, 1.807) is 12.1 Å². The third kappa shape index (κ3) is 3.51. The van der Waals surface area contributed by atoms with Gasteiger partial charge in [-0.25, -0.2) is 9.97 Å². The minimum Gasteiger partial charge on any atom is -0.508 e. The van der Waals surface area contributed by atoms with Crippen LogP contribution in [0.5, 0.6) is 5.75 Å². The second-order valence-electron chi connectivity index (χ2n) is 4.74. The third-order valence-corrected chi connectivity index (χ3v) is 3.03. The molecule has 1 heterocycles. The molecule has 1 atom stereocenters. The molecule has 0 saturated carbocycles. The van der Waals surface area contributed by atoms with Crippen molar-refractivity contribution in [2.24, 2.45) is 5.73 Å². The number of nitrogens with zero attached hydrogens (tertiary/aromatic N) is 2. The van der Waals surface area contributed by atoms with Crippen LogP contribution in [0.3, 0.4) is 0 Å². The highest BCUT2D eigenvalue weighted by atomic mass is 16.3. The number of rotatable bonds is 4. The van der Waals surface area contributed by atoms with Crippen LogP contribution in [-0.2, 0) is 6.42 Å². The maximum absolute atomic E-state index is 9.31. The van der Waals surface area contributed by atoms with Crippen molar-refractivity contribution >= 4 is 0 Å². The van der Waals surface area contributed by atoms with Crippen LogP contribution in [0, 0.1) is 6.92 Å². The number of phenols is 1. The summed E-state index contributed by atoms with van der Waals surface area (Å²) in [5, 5.41) is 9.31. The maximum atomic E-state index is 9.31. The Bertz CT molecular complexity index is 552. The van der Waals surface area contributed by atoms with Crippen molar-refractivity contribution in [2.45, 2.75) is 32.7 Å². The van der Waals surface area contributed by atoms with E-state index in [4.69, 9.17) is 5.73 Å². The summed E-state index contributed by atoms with van der Waals surface area (Å²) in [6.45, 7) is 4.02. The number of phenolic OH excluding ortho intramolecular Hbond substituents is 1. The number of nitrogens with two attached hydrogens (primary N) is 1. The topological polar surface area (TPSA) is 72.0 Å². The number of hydrogen-bond donors (Lipinski definition) is 2. The molecule has 0 aliphatic rings. The summed E-state index contributed by atoms with van der Waals surface area (Å²) < 4.78 is 0. The number of aryl methyl sites for hydroxylation is 1. The molecule has 0 fully saturated rings. The van der Waals surface area contributed by atoms with Crippen LogP contribution in [0.1, 0.15) is 24.7 Å². The van der Waals surface area contributed by atoms with Gasteiger partial charge in [-0.05, 0) is 43.7 Å². The number of benzene rings is 1. The second-order valence-corrected chi connectivity index (χ2v) is 4.74. The van der Waals surface area contributed by atoms with E-state index in [2.05, 4.69) is 16.9 Å². The smallest absolute Gasteiger partial charge is 0.159 e. The van der Waals surface area contributed by atoms with E-state index < -0.39 is 0 Å². The van der Waals surface area contributed by atoms with Crippen LogP contribution in [-0.4, -0.2) is 21.1 Å². The van der Waals surface area contributed by atoms with Crippen LogP contribution in [0.15, 0.2) is 30.3 Å². The van der Waals surface area contributed by atoms with E-state index in [0.29, 0.717) is 5.82 Å². The first kappa shape index (κ1) is 13.5. The van der Waals surface area contributed by atoms with Crippen LogP contribution < -0.4 is 5.73 Å². The molecule has 0 spiro atoms. The zero-order valence-corrected chi connectivity index (χ0v) is 11.3. The SMILES string of the molecule is CCC(N)Cc1cc(C)nc(-c2ccc(O)cc2)n1. The zero-order chi connectivity index (χ0) is 13.8. The summed E-state index contributed by atoms with van der Waals surface area (Å²) in [6.07, 6.45) is 1.68. The molecule has 0 saturated heterocycles. The Labute approximate surface area is 113 Å². The molecule has 0 aliphatic carbocycles. The fourth-order valence-electron chi connectivity index (χ4n) is 1.89. The van der Waals surface area contributed by atoms with Crippen molar-refractivity contribution in [3.05, 3.63) is 41.7 Å². The van der Waals surface area contributed by atoms with Crippen molar-refractivity contribution in [1.29, 1.82) is 0 Å². The summed E-state index contributed by atoms with van der Waals surface area (Å²) in [5.74, 6) is 0.919. The Morgan fingerprint density at radius 1 is 1.21 bits per heavy atom. The van der Waals surface area contributed by atoms with Gasteiger partial charge in [-0.15, -0.1) is 0 Å². The van der Waals surface area contributed by atoms with E-state index >= 15 is 0 Å². The van der Waals surface area contributed by atoms with Gasteiger partial charge in [0.25, 0.3) is 0 Å². The molecule has 19 heavy (non-hydrogen) atoms. The quantitative estimate of drug-likeness (QED) is 0.882. The van der Waals surface area contributed by atoms with Gasteiger partial charge in [0.05, 0.1) is 0 Å². The van der Waals surface area contributed by atoms with Crippen molar-refractivity contribution in [1.82, 2.24) is 9.97 Å². The van der Waals surface area contributed by atoms with Crippen molar-refractivity contribution < 1.29 is 5.11 Å². The van der Waals surface area contributed by atoms with Gasteiger partial charge < -0.3 is 10.8 Å². The summed E-state index contributed by atoms with van der Waals surface area (Å²) >= 11 is 0. The maximum Gasteiger partial charge on any atom is 0.159 e. The lowest BCUT2D eigenvalue weighted by molar-refractivity contribution is 0.475. The predicted molar refractivity (Wildman–Crippen MR) is 75.8 cm³/mol. The summed E-state index contributed by atoms with van der Waals surface area (Å²) in [7, 11) is 0. The lowest BCUT2D eigenvalue weighted by atomic mass is 10.1. The molecule has 4 heteroatoms. The van der Waals surface area contributed by atoms with Gasteiger partial charge in [0.2, 0.25) is 0 Å². The summed E-state index contributed by atoms with van der Waals surface area (Å²) in [4.78, 5) is 8.98. The van der Waals surface area contributed by atoms with Gasteiger partial charge in [-0.1, -0.05) is 6.92 Å². The molecule has 0 radical (unpaired) electrons. The predicted octanol–water partition coefficient (Wildman–Crippen LogP) is 2.44. The molecule has 1 aromatic carbocycles. The normalized spacial score (nSPS) is 12.4. The van der Waals surface area contributed by atoms with Crippen molar-refractivity contribution in [3.63, 3.8) is 0 Å². The average Bonchev–Trinajstić information content (AvgIpc) is 2.38. The highest BCUT2D eigenvalue weighted by Crippen LogP contribution is 2.19. The van der Waals surface area contributed by atoms with Gasteiger partial charge in [0.15, 0.2) is 5.82 Å². The molecule has 0 bridgehead atoms. The number of hydrogen-bond acceptors (Lipinski definition) is 4. The van der Waals surface area contributed by atoms with E-state index in [1.807, 2.05) is 25.1 Å². The average molecular weight is 257 g/mol. The lowest BCUT2D eigenvalue weighted by Crippen LogP contribution is -2.22. The summed E-state index contributed by atoms with van der Waals surface area (Å²) in [5.41, 5.74) is 8.76. The van der Waals surface area contributed by atoms with Gasteiger partial charge in [0, 0.05) is 29.4 Å². The minimum atomic E-state index is 0.127. The Balaban J connectivity index is 2.33. The molecule has 0 aliphatic heterocycles. The Hall–Kier alpha value is -1.94. The molecule has 3 N–H and O–H groups in total. The molecular formula is C15H19N3O. The monoisotopic (exact) mass is 257 g/mol. The second kappa shape index (κ2) is 5.80. The first-order chi connectivity index (χ1) is 9.08. The fraction of sp³-hybridized carbons (Fsp3) is 0.333. The number of aromatic nitrogens is 2. The van der Waals surface area contributed by atoms with Gasteiger partial charge in [-0.3, -0.25) is 0 Å². The first-order valence-electron chi connectivity index (χ1n) is 6.48. The highest BCUT2D eigenvalue weighted by Gasteiger charge is 2.08. The van der Waals surface area contributed by atoms with Gasteiger partial charge in [-0.2, -0.15) is 0 Å². The minimum absolute atomic E-state index is 0.127. The third-order valence-electron chi connectivity index (χ3n) is 3.03. The Morgan fingerprint density at radius 3 is 2.53 bits per heavy atom. The molecule has 0 amide bonds. The lowest BCUT2D eigenvalue weighted by Gasteiger charge is -2.10. The van der Waals surface area contributed by atoms with Crippen LogP contribution in [0.4, 0.5) is 0 Å². The molecule has 2 aromatic rings. The zero-order valence-electron chi connectivity index (χ0n) is 11.3. The molecule has 2 rings (SSSR count). The highest BCUT2D eigenvalue weighted by molar-refractivity contribution is 5.56. The van der Waals surface area contributed by atoms with Crippen molar-refractivity contribution in [2.75, 3.05) is 0 Å². The van der Waals surface area contributed by atoms with Gasteiger partial charge >= 0.3 is 0 Å². The molecule has 1 unspecified atom stereocenters. The van der Waals surface area contributed by atoms with Gasteiger partial charge in [0.1, 0.15) is 5.75 Å². The van der Waals surface area contributed by atoms with Crippen LogP contribution in [0.2, 0.25) is 0 Å². The number of aromatic hydroxyl groups is 1. The van der Waals surface area contributed by atoms with Crippen LogP contribution >= 0.6 is 0 Å². The molecule has 1 aromatic heterocycles. The fourth-order valence-corrected chi connectivity index (χ4v) is 1.89. The van der Waals surface area contributed by atoms with E-state index in [1.165, 1.54) is 0 Å². The van der Waals surface area contributed by atoms with E-state index in [-0.39, 0.29) is 11.8 Å². The molecule has 100 valence electrons. The Morgan fingerprint density at radius 2 is 1.89 bits per heavy atom. The van der Waals surface area contributed by atoms with E-state index in [0.717, 1.165) is 29.8 Å². The van der Waals surface area contributed by atoms with E-state index in [9.17, 15) is 5.11 Å². The Kier molecular flexibility index (Phi) is 4.12. The standard InChI is InChI=1S/C15H19N3O/c1-3-12(16)9-13-8-10(2)17-15(18-13)11-4-6-14(19)7-5-11/h4-8,12,19H,3,9,16H2,1-2H3. The molecular weight excluding hydrogens is 238 g/mol. The largest absolute Gasteiger partial charge is 0.508 e.